The molecule has 0 aliphatic heterocycles. The third-order valence-electron chi connectivity index (χ3n) is 1.75. The molecular weight excluding hydrogens is 170 g/mol. The smallest absolute Gasteiger partial charge is 0.312 e. The molecule has 4 N–H and O–H groups in total. The van der Waals surface area contributed by atoms with E-state index >= 15 is 0 Å². The Balaban J connectivity index is 2.10. The van der Waals surface area contributed by atoms with Crippen LogP contribution in [0.3, 0.4) is 0 Å². The number of nitrogens with two attached hydrogens (primary N) is 1. The van der Waals surface area contributed by atoms with Crippen molar-refractivity contribution in [2.45, 2.75) is 12.8 Å². The molecule has 0 bridgehead atoms. The van der Waals surface area contributed by atoms with E-state index in [1.807, 2.05) is 0 Å². The maximum Gasteiger partial charge on any atom is 0.312 e. The Hall–Kier alpha value is -1.52. The molecule has 5 heteroatoms. The second-order valence-electron chi connectivity index (χ2n) is 2.85. The van der Waals surface area contributed by atoms with Crippen molar-refractivity contribution in [3.8, 4) is 0 Å². The molecular formula is C8H13N3O2. The van der Waals surface area contributed by atoms with Gasteiger partial charge in [0, 0.05) is 31.3 Å². The molecule has 0 spiro atoms. The van der Waals surface area contributed by atoms with Crippen LogP contribution in [0.1, 0.15) is 12.8 Å². The first-order valence-corrected chi connectivity index (χ1v) is 4.19. The van der Waals surface area contributed by atoms with E-state index in [0.29, 0.717) is 19.5 Å². The zero-order valence-corrected chi connectivity index (χ0v) is 7.30. The van der Waals surface area contributed by atoms with E-state index in [-0.39, 0.29) is 5.78 Å². The number of rotatable bonds is 4. The highest BCUT2D eigenvalue weighted by Crippen LogP contribution is 2.10. The van der Waals surface area contributed by atoms with E-state index in [2.05, 4.69) is 10.6 Å². The lowest BCUT2D eigenvalue weighted by Gasteiger charge is -2.05. The minimum Gasteiger partial charge on any atom is -0.386 e. The Kier molecular flexibility index (Phi) is 3.31. The molecule has 13 heavy (non-hydrogen) atoms. The summed E-state index contributed by atoms with van der Waals surface area (Å²) in [6.45, 7) is 1.07. The zero-order valence-electron chi connectivity index (χ0n) is 7.30. The number of carbonyl (C=O) groups is 2. The van der Waals surface area contributed by atoms with Crippen LogP contribution in [0.5, 0.6) is 0 Å². The lowest BCUT2D eigenvalue weighted by molar-refractivity contribution is -0.114. The Bertz CT molecular complexity index is 248. The quantitative estimate of drug-likeness (QED) is 0.513. The predicted molar refractivity (Wildman–Crippen MR) is 47.9 cm³/mol. The summed E-state index contributed by atoms with van der Waals surface area (Å²) in [4.78, 5) is 21.1. The molecule has 0 aromatic rings. The van der Waals surface area contributed by atoms with Crippen molar-refractivity contribution < 1.29 is 9.59 Å². The largest absolute Gasteiger partial charge is 0.386 e. The molecule has 0 saturated carbocycles. The topological polar surface area (TPSA) is 84.2 Å². The van der Waals surface area contributed by atoms with Gasteiger partial charge < -0.3 is 16.4 Å². The van der Waals surface area contributed by atoms with Crippen LogP contribution in [0.2, 0.25) is 0 Å². The number of carbonyl (C=O) groups excluding carboxylic acids is 2. The summed E-state index contributed by atoms with van der Waals surface area (Å²) >= 11 is 0. The highest BCUT2D eigenvalue weighted by atomic mass is 16.2. The van der Waals surface area contributed by atoms with Gasteiger partial charge in [-0.15, -0.1) is 0 Å². The predicted octanol–water partition coefficient (Wildman–Crippen LogP) is -0.509. The summed E-state index contributed by atoms with van der Waals surface area (Å²) in [5, 5.41) is 5.48. The minimum absolute atomic E-state index is 0.158. The fraction of sp³-hybridized carbons (Fsp3) is 0.500. The Morgan fingerprint density at radius 2 is 2.23 bits per heavy atom. The van der Waals surface area contributed by atoms with E-state index in [4.69, 9.17) is 5.73 Å². The average molecular weight is 183 g/mol. The molecule has 1 aliphatic carbocycles. The van der Waals surface area contributed by atoms with Gasteiger partial charge in [0.1, 0.15) is 0 Å². The van der Waals surface area contributed by atoms with E-state index in [1.54, 1.807) is 6.08 Å². The molecule has 72 valence electrons. The van der Waals surface area contributed by atoms with Crippen molar-refractivity contribution in [3.63, 3.8) is 0 Å². The van der Waals surface area contributed by atoms with Crippen LogP contribution in [0.4, 0.5) is 4.79 Å². The average Bonchev–Trinajstić information content (AvgIpc) is 2.45. The second kappa shape index (κ2) is 4.49. The molecule has 0 heterocycles. The number of hydrogen-bond acceptors (Lipinski definition) is 3. The van der Waals surface area contributed by atoms with E-state index in [9.17, 15) is 9.59 Å². The summed E-state index contributed by atoms with van der Waals surface area (Å²) < 4.78 is 0. The van der Waals surface area contributed by atoms with Crippen molar-refractivity contribution in [2.75, 3.05) is 13.1 Å². The summed E-state index contributed by atoms with van der Waals surface area (Å²) in [5.41, 5.74) is 5.80. The van der Waals surface area contributed by atoms with Gasteiger partial charge in [-0.05, 0) is 6.42 Å². The third-order valence-corrected chi connectivity index (χ3v) is 1.75. The second-order valence-corrected chi connectivity index (χ2v) is 2.85. The Morgan fingerprint density at radius 3 is 2.77 bits per heavy atom. The normalized spacial score (nSPS) is 15.4. The van der Waals surface area contributed by atoms with Gasteiger partial charge in [0.15, 0.2) is 5.78 Å². The molecule has 0 radical (unpaired) electrons. The van der Waals surface area contributed by atoms with Crippen molar-refractivity contribution in [2.24, 2.45) is 5.73 Å². The van der Waals surface area contributed by atoms with Crippen LogP contribution in [-0.4, -0.2) is 24.9 Å². The summed E-state index contributed by atoms with van der Waals surface area (Å²) in [6, 6.07) is -0.529. The van der Waals surface area contributed by atoms with Crippen LogP contribution in [-0.2, 0) is 4.79 Å². The molecule has 0 unspecified atom stereocenters. The van der Waals surface area contributed by atoms with Crippen LogP contribution in [0, 0.1) is 0 Å². The van der Waals surface area contributed by atoms with Gasteiger partial charge in [0.05, 0.1) is 0 Å². The molecule has 1 aliphatic rings. The van der Waals surface area contributed by atoms with Gasteiger partial charge in [0.2, 0.25) is 0 Å². The Morgan fingerprint density at radius 1 is 1.46 bits per heavy atom. The van der Waals surface area contributed by atoms with Crippen molar-refractivity contribution in [3.05, 3.63) is 11.8 Å². The standard InChI is InChI=1S/C8H13N3O2/c9-8(13)11-4-3-10-6-1-2-7(12)5-6/h5,10H,1-4H2,(H3,9,11,13). The molecule has 0 atom stereocenters. The zero-order chi connectivity index (χ0) is 9.68. The van der Waals surface area contributed by atoms with Crippen molar-refractivity contribution >= 4 is 11.8 Å². The highest BCUT2D eigenvalue weighted by Gasteiger charge is 2.10. The molecule has 0 aromatic carbocycles. The summed E-state index contributed by atoms with van der Waals surface area (Å²) in [7, 11) is 0. The van der Waals surface area contributed by atoms with Gasteiger partial charge in [0.25, 0.3) is 0 Å². The molecule has 2 amide bonds. The highest BCUT2D eigenvalue weighted by molar-refractivity contribution is 5.92. The summed E-state index contributed by atoms with van der Waals surface area (Å²) in [5.74, 6) is 0.158. The first kappa shape index (κ1) is 9.57. The van der Waals surface area contributed by atoms with Gasteiger partial charge in [-0.3, -0.25) is 4.79 Å². The molecule has 0 fully saturated rings. The molecule has 1 rings (SSSR count). The van der Waals surface area contributed by atoms with Gasteiger partial charge in [-0.25, -0.2) is 4.79 Å². The SMILES string of the molecule is NC(=O)NCCNC1=CC(=O)CC1. The lowest BCUT2D eigenvalue weighted by Crippen LogP contribution is -2.34. The molecule has 5 nitrogen and oxygen atoms in total. The van der Waals surface area contributed by atoms with Crippen LogP contribution < -0.4 is 16.4 Å². The van der Waals surface area contributed by atoms with Crippen LogP contribution in [0.15, 0.2) is 11.8 Å². The van der Waals surface area contributed by atoms with E-state index < -0.39 is 6.03 Å². The molecule has 0 saturated heterocycles. The lowest BCUT2D eigenvalue weighted by atomic mass is 10.3. The van der Waals surface area contributed by atoms with Crippen molar-refractivity contribution in [1.29, 1.82) is 0 Å². The third kappa shape index (κ3) is 3.59. The van der Waals surface area contributed by atoms with Crippen molar-refractivity contribution in [1.82, 2.24) is 10.6 Å². The van der Waals surface area contributed by atoms with E-state index in [1.165, 1.54) is 0 Å². The van der Waals surface area contributed by atoms with Crippen LogP contribution >= 0.6 is 0 Å². The number of primary amides is 1. The Labute approximate surface area is 76.4 Å². The van der Waals surface area contributed by atoms with Crippen LogP contribution in [0.25, 0.3) is 0 Å². The summed E-state index contributed by atoms with van der Waals surface area (Å²) in [6.07, 6.45) is 2.96. The number of nitrogens with one attached hydrogen (secondary N) is 2. The van der Waals surface area contributed by atoms with Gasteiger partial charge >= 0.3 is 6.03 Å². The fourth-order valence-corrected chi connectivity index (χ4v) is 1.14. The first-order chi connectivity index (χ1) is 6.18. The monoisotopic (exact) mass is 183 g/mol. The molecule has 0 aromatic heterocycles. The van der Waals surface area contributed by atoms with Gasteiger partial charge in [-0.2, -0.15) is 0 Å². The number of hydrogen-bond donors (Lipinski definition) is 3. The maximum atomic E-state index is 10.8. The number of allylic oxidation sites excluding steroid dienone is 2. The number of amides is 2. The first-order valence-electron chi connectivity index (χ1n) is 4.19. The van der Waals surface area contributed by atoms with Gasteiger partial charge in [-0.1, -0.05) is 0 Å². The van der Waals surface area contributed by atoms with E-state index in [0.717, 1.165) is 12.1 Å². The number of urea groups is 1. The number of ketones is 1. The maximum absolute atomic E-state index is 10.8. The minimum atomic E-state index is -0.529. The fourth-order valence-electron chi connectivity index (χ4n) is 1.14.